The molecule has 1 atom stereocenters. The van der Waals surface area contributed by atoms with Crippen molar-refractivity contribution in [1.29, 1.82) is 0 Å². The Labute approximate surface area is 160 Å². The van der Waals surface area contributed by atoms with E-state index in [1.54, 1.807) is 6.92 Å². The highest BCUT2D eigenvalue weighted by atomic mass is 19.1. The van der Waals surface area contributed by atoms with E-state index >= 15 is 0 Å². The number of fused-ring (bicyclic) bond motifs is 1. The van der Waals surface area contributed by atoms with Gasteiger partial charge in [0, 0.05) is 18.5 Å². The number of nitrogens with one attached hydrogen (secondary N) is 2. The van der Waals surface area contributed by atoms with Crippen molar-refractivity contribution >= 4 is 16.9 Å². The maximum Gasteiger partial charge on any atom is 0.326 e. The minimum atomic E-state index is -0.849. The van der Waals surface area contributed by atoms with Gasteiger partial charge in [0.1, 0.15) is 11.6 Å². The molecule has 0 spiro atoms. The SMILES string of the molecule is C[C@H](O)CNc1nc(Oc2ccc(F)cc2F)nc2[nH]nc(C3CCCC3)c12. The average molecular weight is 389 g/mol. The first kappa shape index (κ1) is 18.5. The van der Waals surface area contributed by atoms with Crippen LogP contribution in [0.25, 0.3) is 11.0 Å². The molecule has 1 fully saturated rings. The molecule has 3 aromatic rings. The molecule has 0 aliphatic heterocycles. The monoisotopic (exact) mass is 389 g/mol. The number of aromatic nitrogens is 4. The number of aromatic amines is 1. The van der Waals surface area contributed by atoms with E-state index in [0.29, 0.717) is 17.4 Å². The normalized spacial score (nSPS) is 15.9. The Kier molecular flexibility index (Phi) is 5.08. The van der Waals surface area contributed by atoms with Crippen molar-refractivity contribution in [1.82, 2.24) is 20.2 Å². The lowest BCUT2D eigenvalue weighted by Gasteiger charge is -2.13. The molecular weight excluding hydrogens is 368 g/mol. The van der Waals surface area contributed by atoms with Crippen molar-refractivity contribution in [2.45, 2.75) is 44.6 Å². The van der Waals surface area contributed by atoms with Crippen LogP contribution in [0.4, 0.5) is 14.6 Å². The van der Waals surface area contributed by atoms with E-state index in [1.165, 1.54) is 6.07 Å². The molecule has 0 amide bonds. The number of rotatable bonds is 6. The smallest absolute Gasteiger partial charge is 0.326 e. The molecule has 0 saturated heterocycles. The first-order chi connectivity index (χ1) is 13.5. The zero-order chi connectivity index (χ0) is 19.7. The highest BCUT2D eigenvalue weighted by Gasteiger charge is 2.25. The molecule has 4 rings (SSSR count). The van der Waals surface area contributed by atoms with Crippen LogP contribution in [-0.2, 0) is 0 Å². The van der Waals surface area contributed by atoms with Gasteiger partial charge in [-0.3, -0.25) is 5.10 Å². The minimum Gasteiger partial charge on any atom is -0.421 e. The summed E-state index contributed by atoms with van der Waals surface area (Å²) in [6, 6.07) is 2.90. The molecule has 3 N–H and O–H groups in total. The third-order valence-corrected chi connectivity index (χ3v) is 4.83. The van der Waals surface area contributed by atoms with Crippen LogP contribution in [0.1, 0.15) is 44.2 Å². The largest absolute Gasteiger partial charge is 0.421 e. The van der Waals surface area contributed by atoms with Crippen LogP contribution in [0.2, 0.25) is 0 Å². The number of anilines is 1. The van der Waals surface area contributed by atoms with E-state index < -0.39 is 17.7 Å². The Bertz CT molecular complexity index is 986. The first-order valence-electron chi connectivity index (χ1n) is 9.32. The van der Waals surface area contributed by atoms with Crippen LogP contribution < -0.4 is 10.1 Å². The topological polar surface area (TPSA) is 96.0 Å². The Morgan fingerprint density at radius 3 is 2.79 bits per heavy atom. The van der Waals surface area contributed by atoms with Gasteiger partial charge in [-0.05, 0) is 31.9 Å². The van der Waals surface area contributed by atoms with Crippen molar-refractivity contribution < 1.29 is 18.6 Å². The van der Waals surface area contributed by atoms with E-state index in [4.69, 9.17) is 4.74 Å². The van der Waals surface area contributed by atoms with Crippen LogP contribution in [0, 0.1) is 11.6 Å². The van der Waals surface area contributed by atoms with E-state index in [0.717, 1.165) is 48.9 Å². The lowest BCUT2D eigenvalue weighted by atomic mass is 10.0. The first-order valence-corrected chi connectivity index (χ1v) is 9.32. The predicted octanol–water partition coefficient (Wildman–Crippen LogP) is 3.87. The number of hydrogen-bond acceptors (Lipinski definition) is 6. The maximum atomic E-state index is 13.9. The Morgan fingerprint density at radius 2 is 2.07 bits per heavy atom. The molecule has 1 aliphatic rings. The molecule has 7 nitrogen and oxygen atoms in total. The van der Waals surface area contributed by atoms with E-state index in [-0.39, 0.29) is 18.3 Å². The number of benzene rings is 1. The number of hydrogen-bond donors (Lipinski definition) is 3. The van der Waals surface area contributed by atoms with Gasteiger partial charge in [0.2, 0.25) is 0 Å². The molecule has 1 aromatic carbocycles. The molecule has 0 bridgehead atoms. The molecule has 0 unspecified atom stereocenters. The average Bonchev–Trinajstić information content (AvgIpc) is 3.31. The summed E-state index contributed by atoms with van der Waals surface area (Å²) in [5.74, 6) is -0.948. The molecule has 2 aromatic heterocycles. The summed E-state index contributed by atoms with van der Waals surface area (Å²) in [5, 5.41) is 20.8. The number of nitrogens with zero attached hydrogens (tertiary/aromatic N) is 3. The van der Waals surface area contributed by atoms with Gasteiger partial charge in [-0.1, -0.05) is 12.8 Å². The summed E-state index contributed by atoms with van der Waals surface area (Å²) >= 11 is 0. The molecule has 28 heavy (non-hydrogen) atoms. The van der Waals surface area contributed by atoms with Crippen LogP contribution in [0.3, 0.4) is 0 Å². The van der Waals surface area contributed by atoms with Crippen LogP contribution in [0.15, 0.2) is 18.2 Å². The van der Waals surface area contributed by atoms with Gasteiger partial charge in [-0.2, -0.15) is 15.1 Å². The minimum absolute atomic E-state index is 0.104. The maximum absolute atomic E-state index is 13.9. The van der Waals surface area contributed by atoms with Crippen molar-refractivity contribution in [3.63, 3.8) is 0 Å². The summed E-state index contributed by atoms with van der Waals surface area (Å²) in [5.41, 5.74) is 1.35. The molecule has 9 heteroatoms. The van der Waals surface area contributed by atoms with Crippen molar-refractivity contribution in [2.24, 2.45) is 0 Å². The predicted molar refractivity (Wildman–Crippen MR) is 99.5 cm³/mol. The Balaban J connectivity index is 1.73. The Hall–Kier alpha value is -2.81. The summed E-state index contributed by atoms with van der Waals surface area (Å²) in [7, 11) is 0. The highest BCUT2D eigenvalue weighted by molar-refractivity contribution is 5.90. The summed E-state index contributed by atoms with van der Waals surface area (Å²) in [6.45, 7) is 1.93. The van der Waals surface area contributed by atoms with Gasteiger partial charge in [0.05, 0.1) is 17.2 Å². The zero-order valence-electron chi connectivity index (χ0n) is 15.4. The highest BCUT2D eigenvalue weighted by Crippen LogP contribution is 2.38. The second-order valence-electron chi connectivity index (χ2n) is 7.08. The molecule has 2 heterocycles. The summed E-state index contributed by atoms with van der Waals surface area (Å²) in [6.07, 6.45) is 3.82. The molecule has 0 radical (unpaired) electrons. The van der Waals surface area contributed by atoms with Gasteiger partial charge < -0.3 is 15.2 Å². The van der Waals surface area contributed by atoms with Gasteiger partial charge in [0.15, 0.2) is 17.2 Å². The number of aliphatic hydroxyl groups excluding tert-OH is 1. The zero-order valence-corrected chi connectivity index (χ0v) is 15.4. The van der Waals surface area contributed by atoms with Gasteiger partial charge in [-0.15, -0.1) is 0 Å². The van der Waals surface area contributed by atoms with Crippen molar-refractivity contribution in [2.75, 3.05) is 11.9 Å². The van der Waals surface area contributed by atoms with Crippen LogP contribution in [-0.4, -0.2) is 37.9 Å². The number of H-pyrrole nitrogens is 1. The molecule has 1 saturated carbocycles. The van der Waals surface area contributed by atoms with Crippen LogP contribution in [0.5, 0.6) is 11.8 Å². The fraction of sp³-hybridized carbons (Fsp3) is 0.421. The fourth-order valence-corrected chi connectivity index (χ4v) is 3.50. The van der Waals surface area contributed by atoms with Gasteiger partial charge >= 0.3 is 6.01 Å². The summed E-state index contributed by atoms with van der Waals surface area (Å²) in [4.78, 5) is 8.66. The van der Waals surface area contributed by atoms with Gasteiger partial charge in [0.25, 0.3) is 0 Å². The third-order valence-electron chi connectivity index (χ3n) is 4.83. The van der Waals surface area contributed by atoms with E-state index in [2.05, 4.69) is 25.5 Å². The fourth-order valence-electron chi connectivity index (χ4n) is 3.50. The van der Waals surface area contributed by atoms with Crippen molar-refractivity contribution in [3.05, 3.63) is 35.5 Å². The molecule has 1 aliphatic carbocycles. The second-order valence-corrected chi connectivity index (χ2v) is 7.08. The standard InChI is InChI=1S/C19H21F2N5O2/c1-10(27)9-22-17-15-16(11-4-2-3-5-11)25-26-18(15)24-19(23-17)28-14-7-6-12(20)8-13(14)21/h6-8,10-11,27H,2-5,9H2,1H3,(H2,22,23,24,25,26)/t10-/m0/s1. The number of halogens is 2. The summed E-state index contributed by atoms with van der Waals surface area (Å²) < 4.78 is 32.5. The Morgan fingerprint density at radius 1 is 1.29 bits per heavy atom. The lowest BCUT2D eigenvalue weighted by Crippen LogP contribution is -2.16. The van der Waals surface area contributed by atoms with E-state index in [9.17, 15) is 13.9 Å². The van der Waals surface area contributed by atoms with Crippen molar-refractivity contribution in [3.8, 4) is 11.8 Å². The third kappa shape index (κ3) is 3.75. The second kappa shape index (κ2) is 7.67. The van der Waals surface area contributed by atoms with E-state index in [1.807, 2.05) is 0 Å². The lowest BCUT2D eigenvalue weighted by molar-refractivity contribution is 0.208. The number of ether oxygens (including phenoxy) is 1. The molecular formula is C19H21F2N5O2. The number of aliphatic hydroxyl groups is 1. The van der Waals surface area contributed by atoms with Crippen LogP contribution >= 0.6 is 0 Å². The quantitative estimate of drug-likeness (QED) is 0.592. The van der Waals surface area contributed by atoms with Gasteiger partial charge in [-0.25, -0.2) is 8.78 Å². The molecule has 148 valence electrons.